The van der Waals surface area contributed by atoms with Gasteiger partial charge in [-0.15, -0.1) is 0 Å². The van der Waals surface area contributed by atoms with Gasteiger partial charge in [0.25, 0.3) is 0 Å². The molecule has 0 atom stereocenters. The molecule has 82 valence electrons. The summed E-state index contributed by atoms with van der Waals surface area (Å²) >= 11 is 0. The fourth-order valence-corrected chi connectivity index (χ4v) is 1.85. The SMILES string of the molecule is COCCCC(=O)N1CCCCCC1. The van der Waals surface area contributed by atoms with Gasteiger partial charge in [0.15, 0.2) is 0 Å². The molecule has 3 heteroatoms. The minimum absolute atomic E-state index is 0.309. The first-order valence-electron chi connectivity index (χ1n) is 5.61. The van der Waals surface area contributed by atoms with Crippen LogP contribution in [0.25, 0.3) is 0 Å². The third kappa shape index (κ3) is 4.09. The molecule has 0 N–H and O–H groups in total. The van der Waals surface area contributed by atoms with Crippen molar-refractivity contribution in [1.29, 1.82) is 0 Å². The number of carbonyl (C=O) groups excluding carboxylic acids is 1. The Hall–Kier alpha value is -0.570. The Morgan fingerprint density at radius 2 is 1.86 bits per heavy atom. The summed E-state index contributed by atoms with van der Waals surface area (Å²) in [7, 11) is 1.68. The summed E-state index contributed by atoms with van der Waals surface area (Å²) in [6.45, 7) is 2.62. The lowest BCUT2D eigenvalue weighted by Gasteiger charge is -2.19. The zero-order valence-corrected chi connectivity index (χ0v) is 9.13. The van der Waals surface area contributed by atoms with Crippen LogP contribution in [0.15, 0.2) is 0 Å². The number of amides is 1. The monoisotopic (exact) mass is 199 g/mol. The van der Waals surface area contributed by atoms with Crippen molar-refractivity contribution in [3.63, 3.8) is 0 Å². The predicted octanol–water partition coefficient (Wildman–Crippen LogP) is 1.82. The van der Waals surface area contributed by atoms with E-state index in [-0.39, 0.29) is 0 Å². The van der Waals surface area contributed by atoms with Crippen molar-refractivity contribution >= 4 is 5.91 Å². The highest BCUT2D eigenvalue weighted by Gasteiger charge is 2.14. The number of ether oxygens (including phenoxy) is 1. The molecular weight excluding hydrogens is 178 g/mol. The van der Waals surface area contributed by atoms with Gasteiger partial charge in [-0.3, -0.25) is 4.79 Å². The van der Waals surface area contributed by atoms with Crippen LogP contribution >= 0.6 is 0 Å². The maximum Gasteiger partial charge on any atom is 0.222 e. The van der Waals surface area contributed by atoms with Gasteiger partial charge in [0.2, 0.25) is 5.91 Å². The van der Waals surface area contributed by atoms with E-state index in [9.17, 15) is 4.79 Å². The maximum absolute atomic E-state index is 11.7. The highest BCUT2D eigenvalue weighted by molar-refractivity contribution is 5.76. The molecule has 1 aliphatic heterocycles. The van der Waals surface area contributed by atoms with Gasteiger partial charge in [-0.2, -0.15) is 0 Å². The third-order valence-electron chi connectivity index (χ3n) is 2.70. The number of nitrogens with zero attached hydrogens (tertiary/aromatic N) is 1. The number of carbonyl (C=O) groups is 1. The zero-order valence-electron chi connectivity index (χ0n) is 9.13. The van der Waals surface area contributed by atoms with Gasteiger partial charge in [-0.05, 0) is 19.3 Å². The number of likely N-dealkylation sites (tertiary alicyclic amines) is 1. The second-order valence-corrected chi connectivity index (χ2v) is 3.89. The molecule has 1 heterocycles. The van der Waals surface area contributed by atoms with Crippen molar-refractivity contribution in [2.45, 2.75) is 38.5 Å². The standard InChI is InChI=1S/C11H21NO2/c1-14-10-6-7-11(13)12-8-4-2-3-5-9-12/h2-10H2,1H3. The first kappa shape index (κ1) is 11.5. The Labute approximate surface area is 86.4 Å². The lowest BCUT2D eigenvalue weighted by molar-refractivity contribution is -0.131. The van der Waals surface area contributed by atoms with Crippen LogP contribution in [0.4, 0.5) is 0 Å². The van der Waals surface area contributed by atoms with Crippen LogP contribution in [0.5, 0.6) is 0 Å². The van der Waals surface area contributed by atoms with Crippen LogP contribution < -0.4 is 0 Å². The van der Waals surface area contributed by atoms with Gasteiger partial charge in [0.1, 0.15) is 0 Å². The summed E-state index contributed by atoms with van der Waals surface area (Å²) in [5.74, 6) is 0.309. The second kappa shape index (κ2) is 6.82. The fourth-order valence-electron chi connectivity index (χ4n) is 1.85. The van der Waals surface area contributed by atoms with Crippen LogP contribution in [-0.2, 0) is 9.53 Å². The molecule has 0 aromatic rings. The first-order valence-corrected chi connectivity index (χ1v) is 5.61. The molecular formula is C11H21NO2. The van der Waals surface area contributed by atoms with E-state index in [1.165, 1.54) is 25.7 Å². The van der Waals surface area contributed by atoms with E-state index in [0.29, 0.717) is 18.9 Å². The predicted molar refractivity (Wildman–Crippen MR) is 56.2 cm³/mol. The molecule has 0 aliphatic carbocycles. The van der Waals surface area contributed by atoms with E-state index in [0.717, 1.165) is 19.5 Å². The van der Waals surface area contributed by atoms with Crippen molar-refractivity contribution < 1.29 is 9.53 Å². The summed E-state index contributed by atoms with van der Waals surface area (Å²) in [6, 6.07) is 0. The van der Waals surface area contributed by atoms with Gasteiger partial charge < -0.3 is 9.64 Å². The van der Waals surface area contributed by atoms with Crippen molar-refractivity contribution in [1.82, 2.24) is 4.90 Å². The molecule has 1 aliphatic rings. The summed E-state index contributed by atoms with van der Waals surface area (Å²) in [6.07, 6.45) is 6.41. The zero-order chi connectivity index (χ0) is 10.2. The second-order valence-electron chi connectivity index (χ2n) is 3.89. The van der Waals surface area contributed by atoms with Crippen molar-refractivity contribution in [2.75, 3.05) is 26.8 Å². The summed E-state index contributed by atoms with van der Waals surface area (Å²) in [4.78, 5) is 13.7. The number of rotatable bonds is 4. The van der Waals surface area contributed by atoms with Gasteiger partial charge in [-0.1, -0.05) is 12.8 Å². The van der Waals surface area contributed by atoms with Gasteiger partial charge in [-0.25, -0.2) is 0 Å². The number of methoxy groups -OCH3 is 1. The van der Waals surface area contributed by atoms with E-state index in [1.54, 1.807) is 7.11 Å². The maximum atomic E-state index is 11.7. The minimum Gasteiger partial charge on any atom is -0.385 e. The molecule has 1 amide bonds. The van der Waals surface area contributed by atoms with Gasteiger partial charge >= 0.3 is 0 Å². The van der Waals surface area contributed by atoms with Crippen molar-refractivity contribution in [3.8, 4) is 0 Å². The van der Waals surface area contributed by atoms with Crippen LogP contribution in [0.2, 0.25) is 0 Å². The average molecular weight is 199 g/mol. The molecule has 3 nitrogen and oxygen atoms in total. The van der Waals surface area contributed by atoms with E-state index < -0.39 is 0 Å². The quantitative estimate of drug-likeness (QED) is 0.646. The minimum atomic E-state index is 0.309. The first-order chi connectivity index (χ1) is 6.84. The highest BCUT2D eigenvalue weighted by atomic mass is 16.5. The molecule has 0 radical (unpaired) electrons. The van der Waals surface area contributed by atoms with Gasteiger partial charge in [0.05, 0.1) is 0 Å². The molecule has 0 aromatic heterocycles. The summed E-state index contributed by atoms with van der Waals surface area (Å²) < 4.78 is 4.93. The molecule has 0 bridgehead atoms. The Kier molecular flexibility index (Phi) is 5.60. The van der Waals surface area contributed by atoms with Gasteiger partial charge in [0, 0.05) is 33.2 Å². The van der Waals surface area contributed by atoms with Crippen molar-refractivity contribution in [3.05, 3.63) is 0 Å². The molecule has 0 unspecified atom stereocenters. The lowest BCUT2D eigenvalue weighted by atomic mass is 10.2. The van der Waals surface area contributed by atoms with E-state index in [2.05, 4.69) is 0 Å². The van der Waals surface area contributed by atoms with Crippen LogP contribution in [0, 0.1) is 0 Å². The Morgan fingerprint density at radius 3 is 2.43 bits per heavy atom. The van der Waals surface area contributed by atoms with E-state index in [4.69, 9.17) is 4.74 Å². The van der Waals surface area contributed by atoms with Crippen LogP contribution in [0.1, 0.15) is 38.5 Å². The summed E-state index contributed by atoms with van der Waals surface area (Å²) in [5, 5.41) is 0. The molecule has 0 aromatic carbocycles. The molecule has 1 fully saturated rings. The van der Waals surface area contributed by atoms with E-state index in [1.807, 2.05) is 4.90 Å². The fraction of sp³-hybridized carbons (Fsp3) is 0.909. The van der Waals surface area contributed by atoms with Crippen molar-refractivity contribution in [2.24, 2.45) is 0 Å². The molecule has 1 saturated heterocycles. The Morgan fingerprint density at radius 1 is 1.21 bits per heavy atom. The number of hydrogen-bond acceptors (Lipinski definition) is 2. The molecule has 0 saturated carbocycles. The van der Waals surface area contributed by atoms with Crippen LogP contribution in [0.3, 0.4) is 0 Å². The lowest BCUT2D eigenvalue weighted by Crippen LogP contribution is -2.31. The Balaban J connectivity index is 2.20. The third-order valence-corrected chi connectivity index (χ3v) is 2.70. The largest absolute Gasteiger partial charge is 0.385 e. The molecule has 1 rings (SSSR count). The van der Waals surface area contributed by atoms with E-state index >= 15 is 0 Å². The highest BCUT2D eigenvalue weighted by Crippen LogP contribution is 2.11. The normalized spacial score (nSPS) is 17.9. The smallest absolute Gasteiger partial charge is 0.222 e. The molecule has 0 spiro atoms. The summed E-state index contributed by atoms with van der Waals surface area (Å²) in [5.41, 5.74) is 0. The number of hydrogen-bond donors (Lipinski definition) is 0. The van der Waals surface area contributed by atoms with Crippen LogP contribution in [-0.4, -0.2) is 37.6 Å². The topological polar surface area (TPSA) is 29.5 Å². The molecule has 14 heavy (non-hydrogen) atoms. The average Bonchev–Trinajstić information content (AvgIpc) is 2.46. The Bertz CT molecular complexity index is 163.